The molecule has 0 nitrogen and oxygen atoms in total. The van der Waals surface area contributed by atoms with Crippen LogP contribution in [0, 0.1) is 11.8 Å². The largest absolute Gasteiger partial charge is 0.107 e. The lowest BCUT2D eigenvalue weighted by Crippen LogP contribution is -2.37. The first-order valence-corrected chi connectivity index (χ1v) is 12.2. The Labute approximate surface area is 136 Å². The fourth-order valence-electron chi connectivity index (χ4n) is 4.30. The van der Waals surface area contributed by atoms with Crippen LogP contribution in [-0.4, -0.2) is 8.07 Å². The molecule has 2 aliphatic heterocycles. The normalized spacial score (nSPS) is 30.3. The number of rotatable bonds is 2. The van der Waals surface area contributed by atoms with Crippen molar-refractivity contribution in [2.45, 2.75) is 26.9 Å². The van der Waals surface area contributed by atoms with Crippen LogP contribution in [0.15, 0.2) is 66.5 Å². The summed E-state index contributed by atoms with van der Waals surface area (Å²) in [4.78, 5) is 6.23. The van der Waals surface area contributed by atoms with Crippen molar-refractivity contribution in [3.8, 4) is 0 Å². The number of thioether (sulfide) groups is 2. The molecule has 0 aromatic carbocycles. The summed E-state index contributed by atoms with van der Waals surface area (Å²) in [7, 11) is -1.60. The number of hydrogen-bond acceptors (Lipinski definition) is 2. The van der Waals surface area contributed by atoms with Crippen LogP contribution in [0.4, 0.5) is 0 Å². The lowest BCUT2D eigenvalue weighted by atomic mass is 10.1. The molecule has 0 aromatic rings. The van der Waals surface area contributed by atoms with E-state index in [2.05, 4.69) is 63.4 Å². The minimum atomic E-state index is -1.60. The van der Waals surface area contributed by atoms with Gasteiger partial charge in [0.05, 0.1) is 0 Å². The van der Waals surface area contributed by atoms with E-state index in [9.17, 15) is 0 Å². The molecule has 21 heavy (non-hydrogen) atoms. The molecule has 0 bridgehead atoms. The highest BCUT2D eigenvalue weighted by atomic mass is 32.2. The highest BCUT2D eigenvalue weighted by molar-refractivity contribution is 8.07. The zero-order chi connectivity index (χ0) is 14.8. The van der Waals surface area contributed by atoms with Gasteiger partial charge in [0.1, 0.15) is 8.07 Å². The Balaban J connectivity index is 1.81. The van der Waals surface area contributed by atoms with Crippen LogP contribution in [0.5, 0.6) is 0 Å². The van der Waals surface area contributed by atoms with Gasteiger partial charge in [0, 0.05) is 21.6 Å². The fraction of sp³-hybridized carbons (Fsp3) is 0.333. The van der Waals surface area contributed by atoms with Crippen molar-refractivity contribution in [2.75, 3.05) is 0 Å². The predicted molar refractivity (Wildman–Crippen MR) is 99.5 cm³/mol. The van der Waals surface area contributed by atoms with Gasteiger partial charge in [-0.1, -0.05) is 83.5 Å². The molecule has 4 rings (SSSR count). The van der Waals surface area contributed by atoms with E-state index in [1.54, 1.807) is 30.0 Å². The maximum atomic E-state index is 2.57. The van der Waals surface area contributed by atoms with E-state index in [0.29, 0.717) is 11.8 Å². The van der Waals surface area contributed by atoms with E-state index >= 15 is 0 Å². The predicted octanol–water partition coefficient (Wildman–Crippen LogP) is 5.95. The lowest BCUT2D eigenvalue weighted by Gasteiger charge is -2.32. The number of allylic oxidation sites excluding steroid dienone is 12. The van der Waals surface area contributed by atoms with Crippen LogP contribution in [0.3, 0.4) is 0 Å². The summed E-state index contributed by atoms with van der Waals surface area (Å²) in [6, 6.07) is 0. The Morgan fingerprint density at radius 1 is 0.810 bits per heavy atom. The van der Waals surface area contributed by atoms with E-state index in [1.807, 2.05) is 23.5 Å². The van der Waals surface area contributed by atoms with Gasteiger partial charge in [-0.25, -0.2) is 0 Å². The Kier molecular flexibility index (Phi) is 3.11. The highest BCUT2D eigenvalue weighted by Gasteiger charge is 2.46. The van der Waals surface area contributed by atoms with Gasteiger partial charge in [0.2, 0.25) is 0 Å². The summed E-state index contributed by atoms with van der Waals surface area (Å²) in [5.74, 6) is 1.17. The molecule has 4 aliphatic rings. The third-order valence-electron chi connectivity index (χ3n) is 5.01. The molecule has 2 heterocycles. The molecule has 0 N–H and O–H groups in total. The van der Waals surface area contributed by atoms with Crippen molar-refractivity contribution in [1.29, 1.82) is 0 Å². The molecule has 3 heteroatoms. The molecule has 2 unspecified atom stereocenters. The van der Waals surface area contributed by atoms with Crippen molar-refractivity contribution in [1.82, 2.24) is 0 Å². The topological polar surface area (TPSA) is 0 Å². The second-order valence-electron chi connectivity index (χ2n) is 6.63. The van der Waals surface area contributed by atoms with E-state index < -0.39 is 8.07 Å². The second-order valence-corrected chi connectivity index (χ2v) is 13.5. The molecule has 0 amide bonds. The molecular weight excluding hydrogens is 308 g/mol. The van der Waals surface area contributed by atoms with Crippen molar-refractivity contribution >= 4 is 31.6 Å². The standard InChI is InChI=1S/C18H20S2Si/c1-11-17(13-7-5-9-15(13)19-11)21(3,4)18-12(2)20-16-10-6-8-14(16)18/h5-10,13-14H,1-4H3. The van der Waals surface area contributed by atoms with Crippen molar-refractivity contribution < 1.29 is 0 Å². The molecule has 0 saturated heterocycles. The Morgan fingerprint density at radius 3 is 1.67 bits per heavy atom. The molecular formula is C18H20S2Si. The van der Waals surface area contributed by atoms with Gasteiger partial charge >= 0.3 is 0 Å². The molecule has 0 saturated carbocycles. The van der Waals surface area contributed by atoms with Crippen LogP contribution in [0.1, 0.15) is 13.8 Å². The van der Waals surface area contributed by atoms with Gasteiger partial charge < -0.3 is 0 Å². The Bertz CT molecular complexity index is 654. The van der Waals surface area contributed by atoms with Gasteiger partial charge in [-0.3, -0.25) is 0 Å². The summed E-state index contributed by atoms with van der Waals surface area (Å²) in [5.41, 5.74) is 0. The molecule has 108 valence electrons. The molecule has 0 aromatic heterocycles. The lowest BCUT2D eigenvalue weighted by molar-refractivity contribution is 0.995. The second kappa shape index (κ2) is 4.67. The molecule has 0 spiro atoms. The van der Waals surface area contributed by atoms with Crippen LogP contribution in [0.25, 0.3) is 0 Å². The zero-order valence-corrected chi connectivity index (χ0v) is 15.6. The summed E-state index contributed by atoms with van der Waals surface area (Å²) < 4.78 is 0. The third kappa shape index (κ3) is 1.90. The average Bonchev–Trinajstić information content (AvgIpc) is 3.07. The van der Waals surface area contributed by atoms with E-state index in [4.69, 9.17) is 0 Å². The van der Waals surface area contributed by atoms with Gasteiger partial charge in [-0.05, 0) is 23.7 Å². The molecule has 0 fully saturated rings. The fourth-order valence-corrected chi connectivity index (χ4v) is 12.6. The zero-order valence-electron chi connectivity index (χ0n) is 12.9. The highest BCUT2D eigenvalue weighted by Crippen LogP contribution is 2.57. The van der Waals surface area contributed by atoms with Gasteiger partial charge in [0.25, 0.3) is 0 Å². The quantitative estimate of drug-likeness (QED) is 0.574. The summed E-state index contributed by atoms with van der Waals surface area (Å²) >= 11 is 4.01. The monoisotopic (exact) mass is 328 g/mol. The smallest absolute Gasteiger partial charge is 0.0987 e. The Hall–Kier alpha value is -0.643. The van der Waals surface area contributed by atoms with E-state index in [0.717, 1.165) is 0 Å². The minimum Gasteiger partial charge on any atom is -0.0987 e. The number of hydrogen-bond donors (Lipinski definition) is 0. The third-order valence-corrected chi connectivity index (χ3v) is 11.7. The minimum absolute atomic E-state index is 0.584. The molecule has 2 atom stereocenters. The van der Waals surface area contributed by atoms with Gasteiger partial charge in [-0.15, -0.1) is 0 Å². The van der Waals surface area contributed by atoms with Crippen LogP contribution in [-0.2, 0) is 0 Å². The van der Waals surface area contributed by atoms with Gasteiger partial charge in [0.15, 0.2) is 0 Å². The van der Waals surface area contributed by atoms with Crippen LogP contribution in [0.2, 0.25) is 13.1 Å². The van der Waals surface area contributed by atoms with Crippen LogP contribution < -0.4 is 0 Å². The maximum Gasteiger partial charge on any atom is 0.107 e. The van der Waals surface area contributed by atoms with Crippen molar-refractivity contribution in [2.24, 2.45) is 11.8 Å². The Morgan fingerprint density at radius 2 is 1.24 bits per heavy atom. The molecule has 0 radical (unpaired) electrons. The van der Waals surface area contributed by atoms with Crippen molar-refractivity contribution in [3.05, 3.63) is 66.5 Å². The van der Waals surface area contributed by atoms with Crippen molar-refractivity contribution in [3.63, 3.8) is 0 Å². The first-order chi connectivity index (χ1) is 10.00. The SMILES string of the molecule is CC1=C([Si](C)(C)C2=C(C)SC3=CC=CC32)C2C=CC=C2S1. The summed E-state index contributed by atoms with van der Waals surface area (Å²) in [6.07, 6.45) is 13.9. The summed E-state index contributed by atoms with van der Waals surface area (Å²) in [6.45, 7) is 9.80. The summed E-state index contributed by atoms with van der Waals surface area (Å²) in [5, 5.41) is 3.51. The van der Waals surface area contributed by atoms with Gasteiger partial charge in [-0.2, -0.15) is 0 Å². The van der Waals surface area contributed by atoms with Crippen LogP contribution >= 0.6 is 23.5 Å². The first-order valence-electron chi connectivity index (χ1n) is 7.55. The maximum absolute atomic E-state index is 2.57. The average molecular weight is 329 g/mol. The first kappa shape index (κ1) is 14.0. The molecule has 2 aliphatic carbocycles. The number of fused-ring (bicyclic) bond motifs is 2. The van der Waals surface area contributed by atoms with E-state index in [-0.39, 0.29) is 0 Å². The van der Waals surface area contributed by atoms with E-state index in [1.165, 1.54) is 0 Å².